The van der Waals surface area contributed by atoms with Crippen molar-refractivity contribution in [1.29, 1.82) is 0 Å². The highest BCUT2D eigenvalue weighted by atomic mass is 16.5. The molecule has 2 aromatic rings. The standard InChI is InChI=1S/C23H28N4O4/c28-21(15-18-7-4-12-31-18)24-9-8-20-19(23(29)27-10-13-30-14-11-27)16-25-22(26-20)17-5-2-1-3-6-17/h1-3,5-6,16,18H,4,7-15H2,(H,24,28)/t18-/m1/s1. The van der Waals surface area contributed by atoms with Crippen molar-refractivity contribution in [3.63, 3.8) is 0 Å². The quantitative estimate of drug-likeness (QED) is 0.729. The highest BCUT2D eigenvalue weighted by Crippen LogP contribution is 2.19. The summed E-state index contributed by atoms with van der Waals surface area (Å²) in [6, 6.07) is 9.66. The van der Waals surface area contributed by atoms with Gasteiger partial charge in [0.15, 0.2) is 5.82 Å². The normalized spacial score (nSPS) is 18.7. The molecule has 4 rings (SSSR count). The molecule has 1 N–H and O–H groups in total. The fourth-order valence-corrected chi connectivity index (χ4v) is 3.85. The number of amides is 2. The molecule has 3 heterocycles. The second-order valence-electron chi connectivity index (χ2n) is 7.76. The molecule has 0 bridgehead atoms. The summed E-state index contributed by atoms with van der Waals surface area (Å²) in [5, 5.41) is 2.94. The number of hydrogen-bond donors (Lipinski definition) is 1. The van der Waals surface area contributed by atoms with Gasteiger partial charge < -0.3 is 19.7 Å². The maximum Gasteiger partial charge on any atom is 0.257 e. The summed E-state index contributed by atoms with van der Waals surface area (Å²) in [5.74, 6) is 0.439. The summed E-state index contributed by atoms with van der Waals surface area (Å²) >= 11 is 0. The zero-order valence-corrected chi connectivity index (χ0v) is 17.6. The van der Waals surface area contributed by atoms with Gasteiger partial charge in [-0.3, -0.25) is 9.59 Å². The molecule has 1 atom stereocenters. The number of nitrogens with one attached hydrogen (secondary N) is 1. The van der Waals surface area contributed by atoms with E-state index in [4.69, 9.17) is 14.5 Å². The highest BCUT2D eigenvalue weighted by molar-refractivity contribution is 5.95. The lowest BCUT2D eigenvalue weighted by molar-refractivity contribution is -0.123. The number of ether oxygens (including phenoxy) is 2. The van der Waals surface area contributed by atoms with Crippen LogP contribution >= 0.6 is 0 Å². The highest BCUT2D eigenvalue weighted by Gasteiger charge is 2.23. The van der Waals surface area contributed by atoms with Crippen molar-refractivity contribution >= 4 is 11.8 Å². The number of nitrogens with zero attached hydrogens (tertiary/aromatic N) is 3. The minimum atomic E-state index is -0.0939. The minimum Gasteiger partial charge on any atom is -0.378 e. The number of carbonyl (C=O) groups excluding carboxylic acids is 2. The van der Waals surface area contributed by atoms with Crippen LogP contribution in [-0.4, -0.2) is 72.2 Å². The van der Waals surface area contributed by atoms with Crippen LogP contribution in [0, 0.1) is 0 Å². The van der Waals surface area contributed by atoms with Crippen molar-refractivity contribution in [2.75, 3.05) is 39.5 Å². The summed E-state index contributed by atoms with van der Waals surface area (Å²) in [4.78, 5) is 36.2. The second kappa shape index (κ2) is 10.5. The largest absolute Gasteiger partial charge is 0.378 e. The molecule has 31 heavy (non-hydrogen) atoms. The molecule has 2 fully saturated rings. The molecule has 0 unspecified atom stereocenters. The number of hydrogen-bond acceptors (Lipinski definition) is 6. The first-order chi connectivity index (χ1) is 15.2. The molecule has 164 valence electrons. The van der Waals surface area contributed by atoms with Gasteiger partial charge in [0.1, 0.15) is 0 Å². The Morgan fingerprint density at radius 3 is 2.68 bits per heavy atom. The molecule has 8 heteroatoms. The van der Waals surface area contributed by atoms with Gasteiger partial charge in [0.05, 0.1) is 37.0 Å². The van der Waals surface area contributed by atoms with E-state index in [9.17, 15) is 9.59 Å². The first kappa shape index (κ1) is 21.4. The molecular formula is C23H28N4O4. The third kappa shape index (κ3) is 5.65. The lowest BCUT2D eigenvalue weighted by atomic mass is 10.1. The lowest BCUT2D eigenvalue weighted by Gasteiger charge is -2.27. The Morgan fingerprint density at radius 2 is 1.94 bits per heavy atom. The van der Waals surface area contributed by atoms with Crippen LogP contribution in [0.1, 0.15) is 35.3 Å². The van der Waals surface area contributed by atoms with Gasteiger partial charge in [-0.25, -0.2) is 9.97 Å². The third-order valence-corrected chi connectivity index (χ3v) is 5.55. The summed E-state index contributed by atoms with van der Waals surface area (Å²) < 4.78 is 10.9. The molecule has 2 aliphatic rings. The topological polar surface area (TPSA) is 93.7 Å². The Labute approximate surface area is 182 Å². The van der Waals surface area contributed by atoms with Gasteiger partial charge in [-0.2, -0.15) is 0 Å². The fraction of sp³-hybridized carbons (Fsp3) is 0.478. The molecule has 1 aromatic carbocycles. The number of aromatic nitrogens is 2. The summed E-state index contributed by atoms with van der Waals surface area (Å²) in [6.45, 7) is 3.30. The third-order valence-electron chi connectivity index (χ3n) is 5.55. The molecular weight excluding hydrogens is 396 g/mol. The maximum absolute atomic E-state index is 13.1. The fourth-order valence-electron chi connectivity index (χ4n) is 3.85. The van der Waals surface area contributed by atoms with E-state index < -0.39 is 0 Å². The molecule has 0 radical (unpaired) electrons. The first-order valence-corrected chi connectivity index (χ1v) is 10.9. The van der Waals surface area contributed by atoms with Gasteiger partial charge in [0.25, 0.3) is 5.91 Å². The Balaban J connectivity index is 1.47. The van der Waals surface area contributed by atoms with E-state index in [2.05, 4.69) is 10.3 Å². The minimum absolute atomic E-state index is 0.0159. The average molecular weight is 425 g/mol. The van der Waals surface area contributed by atoms with Crippen LogP contribution in [0.25, 0.3) is 11.4 Å². The van der Waals surface area contributed by atoms with Crippen molar-refractivity contribution in [2.24, 2.45) is 0 Å². The van der Waals surface area contributed by atoms with Crippen LogP contribution in [0.2, 0.25) is 0 Å². The molecule has 0 saturated carbocycles. The van der Waals surface area contributed by atoms with Gasteiger partial charge in [0, 0.05) is 44.4 Å². The van der Waals surface area contributed by atoms with E-state index in [1.807, 2.05) is 30.3 Å². The van der Waals surface area contributed by atoms with E-state index in [0.29, 0.717) is 62.8 Å². The first-order valence-electron chi connectivity index (χ1n) is 10.9. The van der Waals surface area contributed by atoms with Crippen LogP contribution in [0.4, 0.5) is 0 Å². The van der Waals surface area contributed by atoms with Gasteiger partial charge in [-0.1, -0.05) is 30.3 Å². The number of carbonyl (C=O) groups is 2. The molecule has 0 spiro atoms. The summed E-state index contributed by atoms with van der Waals surface area (Å²) in [5.41, 5.74) is 2.01. The zero-order chi connectivity index (χ0) is 21.5. The SMILES string of the molecule is O=C(C[C@H]1CCCO1)NCCc1nc(-c2ccccc2)ncc1C(=O)N1CCOCC1. The van der Waals surface area contributed by atoms with Gasteiger partial charge >= 0.3 is 0 Å². The Kier molecular flexibility index (Phi) is 7.22. The molecule has 0 aliphatic carbocycles. The molecule has 2 saturated heterocycles. The van der Waals surface area contributed by atoms with Crippen molar-refractivity contribution < 1.29 is 19.1 Å². The van der Waals surface area contributed by atoms with E-state index in [1.165, 1.54) is 0 Å². The molecule has 8 nitrogen and oxygen atoms in total. The van der Waals surface area contributed by atoms with Gasteiger partial charge in [-0.05, 0) is 12.8 Å². The molecule has 1 aromatic heterocycles. The van der Waals surface area contributed by atoms with Crippen molar-refractivity contribution in [3.8, 4) is 11.4 Å². The summed E-state index contributed by atoms with van der Waals surface area (Å²) in [7, 11) is 0. The molecule has 2 amide bonds. The lowest BCUT2D eigenvalue weighted by Crippen LogP contribution is -2.41. The smallest absolute Gasteiger partial charge is 0.257 e. The van der Waals surface area contributed by atoms with Crippen LogP contribution < -0.4 is 5.32 Å². The van der Waals surface area contributed by atoms with E-state index in [0.717, 1.165) is 25.0 Å². The second-order valence-corrected chi connectivity index (χ2v) is 7.76. The van der Waals surface area contributed by atoms with E-state index in [-0.39, 0.29) is 17.9 Å². The van der Waals surface area contributed by atoms with Crippen molar-refractivity contribution in [2.45, 2.75) is 31.8 Å². The van der Waals surface area contributed by atoms with Crippen LogP contribution in [0.15, 0.2) is 36.5 Å². The van der Waals surface area contributed by atoms with Crippen LogP contribution in [0.5, 0.6) is 0 Å². The van der Waals surface area contributed by atoms with Gasteiger partial charge in [0.2, 0.25) is 5.91 Å². The Hall–Kier alpha value is -2.84. The van der Waals surface area contributed by atoms with Crippen LogP contribution in [-0.2, 0) is 20.7 Å². The Bertz CT molecular complexity index is 894. The molecule has 2 aliphatic heterocycles. The maximum atomic E-state index is 13.1. The number of morpholine rings is 1. The van der Waals surface area contributed by atoms with Crippen LogP contribution in [0.3, 0.4) is 0 Å². The van der Waals surface area contributed by atoms with Crippen molar-refractivity contribution in [3.05, 3.63) is 47.8 Å². The van der Waals surface area contributed by atoms with Gasteiger partial charge in [-0.15, -0.1) is 0 Å². The Morgan fingerprint density at radius 1 is 1.13 bits per heavy atom. The van der Waals surface area contributed by atoms with E-state index >= 15 is 0 Å². The number of rotatable bonds is 7. The monoisotopic (exact) mass is 424 g/mol. The predicted octanol–water partition coefficient (Wildman–Crippen LogP) is 1.84. The average Bonchev–Trinajstić information content (AvgIpc) is 3.33. The predicted molar refractivity (Wildman–Crippen MR) is 114 cm³/mol. The van der Waals surface area contributed by atoms with Crippen molar-refractivity contribution in [1.82, 2.24) is 20.2 Å². The summed E-state index contributed by atoms with van der Waals surface area (Å²) in [6.07, 6.45) is 4.38. The number of benzene rings is 1. The van der Waals surface area contributed by atoms with E-state index in [1.54, 1.807) is 11.1 Å². The zero-order valence-electron chi connectivity index (χ0n) is 17.6.